The number of thiophene rings is 1. The molecule has 6 aromatic carbocycles. The van der Waals surface area contributed by atoms with E-state index >= 15 is 0 Å². The van der Waals surface area contributed by atoms with Crippen molar-refractivity contribution in [3.63, 3.8) is 0 Å². The van der Waals surface area contributed by atoms with Crippen LogP contribution in [0.1, 0.15) is 0 Å². The first-order valence-corrected chi connectivity index (χ1v) is 13.0. The molecule has 168 valence electrons. The Hall–Kier alpha value is -4.40. The van der Waals surface area contributed by atoms with Crippen molar-refractivity contribution in [2.24, 2.45) is 0 Å². The molecule has 7 aromatic rings. The van der Waals surface area contributed by atoms with Gasteiger partial charge in [-0.15, -0.1) is 11.3 Å². The highest BCUT2D eigenvalue weighted by molar-refractivity contribution is 7.26. The van der Waals surface area contributed by atoms with Crippen LogP contribution in [0.3, 0.4) is 0 Å². The molecule has 0 saturated carbocycles. The van der Waals surface area contributed by atoms with Gasteiger partial charge in [0.1, 0.15) is 11.5 Å². The van der Waals surface area contributed by atoms with Gasteiger partial charge >= 0.3 is 0 Å². The van der Waals surface area contributed by atoms with E-state index in [1.165, 1.54) is 58.8 Å². The Morgan fingerprint density at radius 2 is 1.03 bits per heavy atom. The van der Waals surface area contributed by atoms with Gasteiger partial charge in [-0.1, -0.05) is 103 Å². The maximum atomic E-state index is 6.35. The van der Waals surface area contributed by atoms with Crippen LogP contribution in [-0.2, 0) is 0 Å². The molecule has 0 amide bonds. The van der Waals surface area contributed by atoms with Crippen LogP contribution in [-0.4, -0.2) is 0 Å². The van der Waals surface area contributed by atoms with E-state index in [2.05, 4.69) is 109 Å². The standard InChI is InChI=1S/C34H20OS/c1-2-10-22(28-15-8-16-29-25-12-4-6-18-32(25)36-34(28)29)21(9-1)23-19-20-31-33-26(23)13-7-14-27(33)24-11-3-5-17-30(24)35-31/h1-20H. The molecule has 2 heteroatoms. The number of rotatable bonds is 2. The minimum absolute atomic E-state index is 0.919. The van der Waals surface area contributed by atoms with Crippen molar-refractivity contribution in [2.75, 3.05) is 0 Å². The average Bonchev–Trinajstić information content (AvgIpc) is 3.33. The molecule has 0 atom stereocenters. The summed E-state index contributed by atoms with van der Waals surface area (Å²) in [7, 11) is 0. The van der Waals surface area contributed by atoms with Gasteiger partial charge < -0.3 is 4.74 Å². The fourth-order valence-electron chi connectivity index (χ4n) is 5.73. The maximum Gasteiger partial charge on any atom is 0.135 e. The normalized spacial score (nSPS) is 12.1. The summed E-state index contributed by atoms with van der Waals surface area (Å²) in [4.78, 5) is 0. The quantitative estimate of drug-likeness (QED) is 0.241. The van der Waals surface area contributed by atoms with E-state index < -0.39 is 0 Å². The van der Waals surface area contributed by atoms with Crippen LogP contribution in [0.25, 0.3) is 64.3 Å². The molecular weight excluding hydrogens is 456 g/mol. The van der Waals surface area contributed by atoms with Crippen molar-refractivity contribution in [2.45, 2.75) is 0 Å². The van der Waals surface area contributed by atoms with Gasteiger partial charge in [0.15, 0.2) is 0 Å². The predicted octanol–water partition coefficient (Wildman–Crippen LogP) is 10.3. The van der Waals surface area contributed by atoms with Gasteiger partial charge in [-0.05, 0) is 45.8 Å². The Morgan fingerprint density at radius 1 is 0.389 bits per heavy atom. The molecule has 1 aliphatic rings. The molecule has 0 unspecified atom stereocenters. The molecule has 0 bridgehead atoms. The van der Waals surface area contributed by atoms with Gasteiger partial charge in [0, 0.05) is 36.7 Å². The van der Waals surface area contributed by atoms with E-state index in [1.807, 2.05) is 23.5 Å². The maximum absolute atomic E-state index is 6.35. The van der Waals surface area contributed by atoms with Crippen molar-refractivity contribution in [3.05, 3.63) is 121 Å². The molecule has 8 rings (SSSR count). The first kappa shape index (κ1) is 19.9. The molecule has 0 spiro atoms. The number of para-hydroxylation sites is 1. The zero-order valence-corrected chi connectivity index (χ0v) is 20.2. The second kappa shape index (κ2) is 7.55. The van der Waals surface area contributed by atoms with Gasteiger partial charge in [-0.3, -0.25) is 0 Å². The van der Waals surface area contributed by atoms with Crippen LogP contribution < -0.4 is 4.74 Å². The van der Waals surface area contributed by atoms with Crippen LogP contribution in [0.4, 0.5) is 0 Å². The van der Waals surface area contributed by atoms with Crippen LogP contribution in [0, 0.1) is 0 Å². The third-order valence-electron chi connectivity index (χ3n) is 7.31. The molecular formula is C34H20OS. The first-order valence-electron chi connectivity index (χ1n) is 12.2. The summed E-state index contributed by atoms with van der Waals surface area (Å²) in [6.45, 7) is 0. The summed E-state index contributed by atoms with van der Waals surface area (Å²) < 4.78 is 9.02. The van der Waals surface area contributed by atoms with E-state index in [0.29, 0.717) is 0 Å². The van der Waals surface area contributed by atoms with Gasteiger partial charge in [-0.2, -0.15) is 0 Å². The molecule has 1 aliphatic heterocycles. The van der Waals surface area contributed by atoms with Gasteiger partial charge in [-0.25, -0.2) is 0 Å². The van der Waals surface area contributed by atoms with Crippen molar-refractivity contribution < 1.29 is 4.74 Å². The molecule has 0 saturated heterocycles. The minimum Gasteiger partial charge on any atom is -0.456 e. The van der Waals surface area contributed by atoms with Crippen molar-refractivity contribution >= 4 is 42.3 Å². The fourth-order valence-corrected chi connectivity index (χ4v) is 6.96. The lowest BCUT2D eigenvalue weighted by molar-refractivity contribution is 0.487. The first-order chi connectivity index (χ1) is 17.9. The molecule has 0 N–H and O–H groups in total. The smallest absolute Gasteiger partial charge is 0.135 e. The van der Waals surface area contributed by atoms with Crippen LogP contribution >= 0.6 is 11.3 Å². The zero-order valence-electron chi connectivity index (χ0n) is 19.4. The molecule has 0 fully saturated rings. The molecule has 1 aromatic heterocycles. The summed E-state index contributed by atoms with van der Waals surface area (Å²) >= 11 is 1.88. The van der Waals surface area contributed by atoms with Crippen LogP contribution in [0.5, 0.6) is 11.5 Å². The molecule has 2 heterocycles. The summed E-state index contributed by atoms with van der Waals surface area (Å²) in [5, 5.41) is 5.05. The van der Waals surface area contributed by atoms with E-state index in [0.717, 1.165) is 17.1 Å². The lowest BCUT2D eigenvalue weighted by Gasteiger charge is -2.23. The number of benzene rings is 6. The van der Waals surface area contributed by atoms with Gasteiger partial charge in [0.05, 0.1) is 0 Å². The predicted molar refractivity (Wildman–Crippen MR) is 153 cm³/mol. The van der Waals surface area contributed by atoms with Gasteiger partial charge in [0.25, 0.3) is 0 Å². The van der Waals surface area contributed by atoms with E-state index in [-0.39, 0.29) is 0 Å². The Bertz CT molecular complexity index is 1980. The summed E-state index contributed by atoms with van der Waals surface area (Å²) in [5.74, 6) is 1.84. The van der Waals surface area contributed by atoms with E-state index in [1.54, 1.807) is 0 Å². The number of hydrogen-bond acceptors (Lipinski definition) is 2. The summed E-state index contributed by atoms with van der Waals surface area (Å²) in [5.41, 5.74) is 7.39. The van der Waals surface area contributed by atoms with Crippen molar-refractivity contribution in [1.29, 1.82) is 0 Å². The molecule has 0 aliphatic carbocycles. The molecule has 0 radical (unpaired) electrons. The van der Waals surface area contributed by atoms with E-state index in [9.17, 15) is 0 Å². The second-order valence-electron chi connectivity index (χ2n) is 9.26. The Kier molecular flexibility index (Phi) is 4.16. The topological polar surface area (TPSA) is 9.23 Å². The summed E-state index contributed by atoms with van der Waals surface area (Å²) in [6.07, 6.45) is 0. The number of hydrogen-bond donors (Lipinski definition) is 0. The lowest BCUT2D eigenvalue weighted by Crippen LogP contribution is -1.98. The Morgan fingerprint density at radius 3 is 1.92 bits per heavy atom. The van der Waals surface area contributed by atoms with Crippen LogP contribution in [0.2, 0.25) is 0 Å². The fraction of sp³-hybridized carbons (Fsp3) is 0. The molecule has 36 heavy (non-hydrogen) atoms. The Balaban J connectivity index is 1.41. The lowest BCUT2D eigenvalue weighted by atomic mass is 9.87. The highest BCUT2D eigenvalue weighted by Gasteiger charge is 2.22. The van der Waals surface area contributed by atoms with Crippen LogP contribution in [0.15, 0.2) is 121 Å². The Labute approximate surface area is 212 Å². The highest BCUT2D eigenvalue weighted by Crippen LogP contribution is 2.50. The number of fused-ring (bicyclic) bond motifs is 5. The largest absolute Gasteiger partial charge is 0.456 e. The average molecular weight is 477 g/mol. The third-order valence-corrected chi connectivity index (χ3v) is 8.53. The second-order valence-corrected chi connectivity index (χ2v) is 10.3. The monoisotopic (exact) mass is 476 g/mol. The SMILES string of the molecule is c1ccc2c(c1)Oc1ccc(-c3ccccc3-c3cccc4c3sc3ccccc34)c3cccc-2c13. The van der Waals surface area contributed by atoms with Gasteiger partial charge in [0.2, 0.25) is 0 Å². The van der Waals surface area contributed by atoms with E-state index in [4.69, 9.17) is 4.74 Å². The zero-order chi connectivity index (χ0) is 23.6. The minimum atomic E-state index is 0.919. The highest BCUT2D eigenvalue weighted by atomic mass is 32.1. The van der Waals surface area contributed by atoms with Crippen molar-refractivity contribution in [1.82, 2.24) is 0 Å². The third kappa shape index (κ3) is 2.76. The summed E-state index contributed by atoms with van der Waals surface area (Å²) in [6, 6.07) is 43.5. The number of ether oxygens (including phenoxy) is 1. The molecule has 1 nitrogen and oxygen atoms in total. The van der Waals surface area contributed by atoms with Crippen molar-refractivity contribution in [3.8, 4) is 44.9 Å².